The normalized spacial score (nSPS) is 10.7. The molecule has 6 heteroatoms. The highest BCUT2D eigenvalue weighted by atomic mass is 35.5. The number of hydrogen-bond donors (Lipinski definition) is 0. The van der Waals surface area contributed by atoms with Gasteiger partial charge in [-0.2, -0.15) is 5.26 Å². The molecule has 3 aromatic rings. The molecular weight excluding hydrogens is 342 g/mol. The highest BCUT2D eigenvalue weighted by Gasteiger charge is 2.14. The Morgan fingerprint density at radius 2 is 1.92 bits per heavy atom. The lowest BCUT2D eigenvalue weighted by Gasteiger charge is -2.14. The summed E-state index contributed by atoms with van der Waals surface area (Å²) >= 11 is 7.76. The third-order valence-electron chi connectivity index (χ3n) is 3.50. The summed E-state index contributed by atoms with van der Waals surface area (Å²) < 4.78 is 1.56. The number of hydrogen-bond acceptors (Lipinski definition) is 4. The number of thioether (sulfide) groups is 1. The van der Waals surface area contributed by atoms with Gasteiger partial charge in [0.15, 0.2) is 5.16 Å². The third-order valence-corrected chi connectivity index (χ3v) is 4.85. The van der Waals surface area contributed by atoms with E-state index < -0.39 is 0 Å². The van der Waals surface area contributed by atoms with Crippen molar-refractivity contribution in [3.8, 4) is 11.8 Å². The van der Waals surface area contributed by atoms with Crippen molar-refractivity contribution in [2.75, 3.05) is 5.75 Å². The van der Waals surface area contributed by atoms with Gasteiger partial charge in [-0.15, -0.1) is 0 Å². The summed E-state index contributed by atoms with van der Waals surface area (Å²) in [6.45, 7) is 0. The Morgan fingerprint density at radius 3 is 2.71 bits per heavy atom. The van der Waals surface area contributed by atoms with Gasteiger partial charge in [0.2, 0.25) is 0 Å². The molecule has 1 aromatic heterocycles. The van der Waals surface area contributed by atoms with Crippen LogP contribution in [0.25, 0.3) is 16.6 Å². The molecule has 120 valence electrons. The molecule has 0 unspecified atom stereocenters. The lowest BCUT2D eigenvalue weighted by Crippen LogP contribution is -2.22. The number of nitriles is 1. The van der Waals surface area contributed by atoms with Crippen LogP contribution in [0.5, 0.6) is 0 Å². The molecule has 4 nitrogen and oxygen atoms in total. The minimum Gasteiger partial charge on any atom is -0.268 e. The quantitative estimate of drug-likeness (QED) is 0.386. The van der Waals surface area contributed by atoms with Crippen molar-refractivity contribution in [1.29, 1.82) is 5.26 Å². The average molecular weight is 356 g/mol. The highest BCUT2D eigenvalue weighted by Crippen LogP contribution is 2.26. The number of unbranched alkanes of at least 4 members (excludes halogenated alkanes) is 1. The van der Waals surface area contributed by atoms with Crippen molar-refractivity contribution < 1.29 is 0 Å². The predicted molar refractivity (Wildman–Crippen MR) is 97.9 cm³/mol. The molecule has 0 aliphatic rings. The van der Waals surface area contributed by atoms with Gasteiger partial charge >= 0.3 is 0 Å². The zero-order valence-corrected chi connectivity index (χ0v) is 14.3. The molecule has 1 heterocycles. The number of para-hydroxylation sites is 2. The third kappa shape index (κ3) is 3.30. The van der Waals surface area contributed by atoms with Crippen molar-refractivity contribution in [3.05, 3.63) is 63.9 Å². The van der Waals surface area contributed by atoms with Crippen molar-refractivity contribution >= 4 is 34.3 Å². The lowest BCUT2D eigenvalue weighted by atomic mass is 10.2. The maximum absolute atomic E-state index is 13.0. The van der Waals surface area contributed by atoms with Gasteiger partial charge in [-0.1, -0.05) is 47.6 Å². The zero-order valence-electron chi connectivity index (χ0n) is 12.8. The summed E-state index contributed by atoms with van der Waals surface area (Å²) in [6.07, 6.45) is 1.23. The first-order valence-electron chi connectivity index (χ1n) is 7.49. The highest BCUT2D eigenvalue weighted by molar-refractivity contribution is 7.99. The smallest absolute Gasteiger partial charge is 0.266 e. The van der Waals surface area contributed by atoms with Crippen LogP contribution in [0.1, 0.15) is 12.8 Å². The second-order valence-electron chi connectivity index (χ2n) is 5.11. The van der Waals surface area contributed by atoms with Gasteiger partial charge in [-0.3, -0.25) is 9.36 Å². The molecule has 0 spiro atoms. The summed E-state index contributed by atoms with van der Waals surface area (Å²) in [4.78, 5) is 17.6. The Morgan fingerprint density at radius 1 is 1.17 bits per heavy atom. The average Bonchev–Trinajstić information content (AvgIpc) is 2.60. The van der Waals surface area contributed by atoms with Crippen molar-refractivity contribution in [3.63, 3.8) is 0 Å². The molecule has 0 N–H and O–H groups in total. The van der Waals surface area contributed by atoms with Gasteiger partial charge in [0.1, 0.15) is 0 Å². The van der Waals surface area contributed by atoms with E-state index in [2.05, 4.69) is 11.1 Å². The molecule has 0 aliphatic carbocycles. The molecule has 0 saturated carbocycles. The second-order valence-corrected chi connectivity index (χ2v) is 6.58. The fourth-order valence-corrected chi connectivity index (χ4v) is 3.53. The van der Waals surface area contributed by atoms with Crippen LogP contribution in [-0.4, -0.2) is 15.3 Å². The van der Waals surface area contributed by atoms with Gasteiger partial charge in [0.25, 0.3) is 5.56 Å². The molecule has 0 amide bonds. The number of benzene rings is 2. The van der Waals surface area contributed by atoms with Crippen LogP contribution in [0.2, 0.25) is 5.02 Å². The minimum absolute atomic E-state index is 0.142. The van der Waals surface area contributed by atoms with Gasteiger partial charge in [0.05, 0.1) is 27.7 Å². The van der Waals surface area contributed by atoms with Crippen LogP contribution in [0.4, 0.5) is 0 Å². The van der Waals surface area contributed by atoms with Crippen LogP contribution in [0.15, 0.2) is 58.5 Å². The van der Waals surface area contributed by atoms with Crippen LogP contribution >= 0.6 is 23.4 Å². The summed E-state index contributed by atoms with van der Waals surface area (Å²) in [5, 5.41) is 10.3. The standard InChI is InChI=1S/C18H14ClN3OS/c19-14-8-2-4-10-16(14)22-17(23)13-7-1-3-9-15(13)21-18(22)24-12-6-5-11-20/h1-4,7-10H,5-6,12H2. The second kappa shape index (κ2) is 7.52. The SMILES string of the molecule is N#CCCCSc1nc2ccccc2c(=O)n1-c1ccccc1Cl. The van der Waals surface area contributed by atoms with E-state index in [1.807, 2.05) is 30.3 Å². The molecule has 3 rings (SSSR count). The minimum atomic E-state index is -0.142. The largest absolute Gasteiger partial charge is 0.268 e. The molecule has 0 fully saturated rings. The number of nitrogens with zero attached hydrogens (tertiary/aromatic N) is 3. The van der Waals surface area contributed by atoms with Crippen LogP contribution in [0.3, 0.4) is 0 Å². The number of rotatable bonds is 5. The summed E-state index contributed by atoms with van der Waals surface area (Å²) in [7, 11) is 0. The van der Waals surface area contributed by atoms with E-state index in [1.54, 1.807) is 22.8 Å². The molecule has 0 aliphatic heterocycles. The molecule has 0 bridgehead atoms. The Bertz CT molecular complexity index is 978. The molecule has 0 atom stereocenters. The van der Waals surface area contributed by atoms with E-state index in [1.165, 1.54) is 11.8 Å². The Balaban J connectivity index is 2.17. The first-order chi connectivity index (χ1) is 11.7. The number of halogens is 1. The van der Waals surface area contributed by atoms with Crippen LogP contribution in [0, 0.1) is 11.3 Å². The summed E-state index contributed by atoms with van der Waals surface area (Å²) in [6, 6.07) is 16.6. The lowest BCUT2D eigenvalue weighted by molar-refractivity contribution is 0.817. The fraction of sp³-hybridized carbons (Fsp3) is 0.167. The predicted octanol–water partition coefficient (Wildman–Crippen LogP) is 4.43. The first kappa shape index (κ1) is 16.6. The molecule has 0 radical (unpaired) electrons. The van der Waals surface area contributed by atoms with E-state index in [0.717, 1.165) is 6.42 Å². The van der Waals surface area contributed by atoms with Crippen molar-refractivity contribution in [2.45, 2.75) is 18.0 Å². The van der Waals surface area contributed by atoms with E-state index in [4.69, 9.17) is 16.9 Å². The summed E-state index contributed by atoms with van der Waals surface area (Å²) in [5.41, 5.74) is 1.13. The Kier molecular flexibility index (Phi) is 5.19. The van der Waals surface area contributed by atoms with Gasteiger partial charge < -0.3 is 0 Å². The summed E-state index contributed by atoms with van der Waals surface area (Å²) in [5.74, 6) is 0.711. The molecule has 24 heavy (non-hydrogen) atoms. The van der Waals surface area contributed by atoms with Crippen LogP contribution in [-0.2, 0) is 0 Å². The maximum atomic E-state index is 13.0. The topological polar surface area (TPSA) is 58.7 Å². The Hall–Kier alpha value is -2.29. The molecular formula is C18H14ClN3OS. The molecule has 0 saturated heterocycles. The van der Waals surface area contributed by atoms with E-state index in [0.29, 0.717) is 38.9 Å². The van der Waals surface area contributed by atoms with E-state index in [-0.39, 0.29) is 5.56 Å². The van der Waals surface area contributed by atoms with Crippen molar-refractivity contribution in [1.82, 2.24) is 9.55 Å². The van der Waals surface area contributed by atoms with Gasteiger partial charge in [-0.25, -0.2) is 4.98 Å². The van der Waals surface area contributed by atoms with E-state index >= 15 is 0 Å². The van der Waals surface area contributed by atoms with Crippen molar-refractivity contribution in [2.24, 2.45) is 0 Å². The molecule has 2 aromatic carbocycles. The number of fused-ring (bicyclic) bond motifs is 1. The van der Waals surface area contributed by atoms with Gasteiger partial charge in [0, 0.05) is 12.2 Å². The first-order valence-corrected chi connectivity index (χ1v) is 8.85. The van der Waals surface area contributed by atoms with E-state index in [9.17, 15) is 4.79 Å². The van der Waals surface area contributed by atoms with Crippen LogP contribution < -0.4 is 5.56 Å². The number of aromatic nitrogens is 2. The van der Waals surface area contributed by atoms with Gasteiger partial charge in [-0.05, 0) is 30.7 Å². The maximum Gasteiger partial charge on any atom is 0.266 e. The Labute approximate surface area is 148 Å². The fourth-order valence-electron chi connectivity index (χ4n) is 2.37. The monoisotopic (exact) mass is 355 g/mol. The zero-order chi connectivity index (χ0) is 16.9.